The normalized spacial score (nSPS) is 18.8. The smallest absolute Gasteiger partial charge is 0.227 e. The van der Waals surface area contributed by atoms with Crippen LogP contribution in [0.15, 0.2) is 24.3 Å². The van der Waals surface area contributed by atoms with E-state index < -0.39 is 0 Å². The van der Waals surface area contributed by atoms with Gasteiger partial charge in [-0.2, -0.15) is 0 Å². The molecule has 1 N–H and O–H groups in total. The van der Waals surface area contributed by atoms with E-state index in [0.717, 1.165) is 49.9 Å². The van der Waals surface area contributed by atoms with Gasteiger partial charge in [-0.05, 0) is 49.9 Å². The van der Waals surface area contributed by atoms with Crippen LogP contribution in [0.4, 0.5) is 11.4 Å². The Labute approximate surface area is 131 Å². The Morgan fingerprint density at radius 2 is 1.64 bits per heavy atom. The largest absolute Gasteiger partial charge is 0.326 e. The van der Waals surface area contributed by atoms with Crippen LogP contribution in [-0.2, 0) is 9.59 Å². The fourth-order valence-electron chi connectivity index (χ4n) is 3.30. The SMILES string of the molecule is CC(=O)N(c1ccc(NC(=O)C2CCCCC2)cc1)C1CC1. The molecule has 0 bridgehead atoms. The average Bonchev–Trinajstić information content (AvgIpc) is 3.34. The lowest BCUT2D eigenvalue weighted by molar-refractivity contribution is -0.120. The second-order valence-electron chi connectivity index (χ2n) is 6.49. The van der Waals surface area contributed by atoms with Crippen molar-refractivity contribution in [3.8, 4) is 0 Å². The van der Waals surface area contributed by atoms with Gasteiger partial charge in [0.2, 0.25) is 11.8 Å². The molecule has 0 aliphatic heterocycles. The number of carbonyl (C=O) groups is 2. The zero-order valence-electron chi connectivity index (χ0n) is 13.2. The molecule has 22 heavy (non-hydrogen) atoms. The summed E-state index contributed by atoms with van der Waals surface area (Å²) in [7, 11) is 0. The van der Waals surface area contributed by atoms with Crippen LogP contribution in [0.5, 0.6) is 0 Å². The van der Waals surface area contributed by atoms with Gasteiger partial charge in [0.25, 0.3) is 0 Å². The molecule has 0 aromatic heterocycles. The molecule has 1 aromatic carbocycles. The van der Waals surface area contributed by atoms with Crippen molar-refractivity contribution in [2.45, 2.75) is 57.9 Å². The number of amides is 2. The van der Waals surface area contributed by atoms with Crippen LogP contribution in [-0.4, -0.2) is 17.9 Å². The molecule has 2 aliphatic rings. The summed E-state index contributed by atoms with van der Waals surface area (Å²) in [6.45, 7) is 1.61. The summed E-state index contributed by atoms with van der Waals surface area (Å²) in [5.74, 6) is 0.383. The van der Waals surface area contributed by atoms with Gasteiger partial charge in [0.05, 0.1) is 0 Å². The van der Waals surface area contributed by atoms with Crippen molar-refractivity contribution in [2.24, 2.45) is 5.92 Å². The van der Waals surface area contributed by atoms with Crippen molar-refractivity contribution in [3.63, 3.8) is 0 Å². The molecule has 0 heterocycles. The van der Waals surface area contributed by atoms with Crippen molar-refractivity contribution < 1.29 is 9.59 Å². The molecule has 2 fully saturated rings. The second-order valence-corrected chi connectivity index (χ2v) is 6.49. The number of benzene rings is 1. The molecule has 4 heteroatoms. The van der Waals surface area contributed by atoms with Gasteiger partial charge in [0, 0.05) is 30.3 Å². The monoisotopic (exact) mass is 300 g/mol. The van der Waals surface area contributed by atoms with Crippen LogP contribution in [0.3, 0.4) is 0 Å². The van der Waals surface area contributed by atoms with E-state index in [1.807, 2.05) is 29.2 Å². The zero-order chi connectivity index (χ0) is 15.5. The van der Waals surface area contributed by atoms with Gasteiger partial charge in [0.1, 0.15) is 0 Å². The molecule has 0 spiro atoms. The molecule has 2 saturated carbocycles. The molecule has 4 nitrogen and oxygen atoms in total. The second kappa shape index (κ2) is 6.51. The number of hydrogen-bond donors (Lipinski definition) is 1. The van der Waals surface area contributed by atoms with Gasteiger partial charge in [-0.15, -0.1) is 0 Å². The minimum Gasteiger partial charge on any atom is -0.326 e. The highest BCUT2D eigenvalue weighted by atomic mass is 16.2. The summed E-state index contributed by atoms with van der Waals surface area (Å²) in [6, 6.07) is 8.01. The lowest BCUT2D eigenvalue weighted by Crippen LogP contribution is -2.30. The first-order chi connectivity index (χ1) is 10.6. The van der Waals surface area contributed by atoms with Crippen LogP contribution >= 0.6 is 0 Å². The Morgan fingerprint density at radius 1 is 1.00 bits per heavy atom. The molecule has 2 amide bonds. The number of anilines is 2. The summed E-state index contributed by atoms with van der Waals surface area (Å²) in [5.41, 5.74) is 1.74. The number of rotatable bonds is 4. The predicted octanol–water partition coefficient (Wildman–Crippen LogP) is 3.72. The fourth-order valence-corrected chi connectivity index (χ4v) is 3.30. The third-order valence-electron chi connectivity index (χ3n) is 4.64. The highest BCUT2D eigenvalue weighted by molar-refractivity contribution is 5.94. The summed E-state index contributed by atoms with van der Waals surface area (Å²) < 4.78 is 0. The van der Waals surface area contributed by atoms with E-state index in [9.17, 15) is 9.59 Å². The van der Waals surface area contributed by atoms with Crippen LogP contribution in [0, 0.1) is 5.92 Å². The molecule has 0 atom stereocenters. The topological polar surface area (TPSA) is 49.4 Å². The van der Waals surface area contributed by atoms with Crippen molar-refractivity contribution >= 4 is 23.2 Å². The Kier molecular flexibility index (Phi) is 4.46. The van der Waals surface area contributed by atoms with E-state index >= 15 is 0 Å². The third-order valence-corrected chi connectivity index (χ3v) is 4.64. The molecule has 3 rings (SSSR count). The lowest BCUT2D eigenvalue weighted by atomic mass is 9.88. The minimum absolute atomic E-state index is 0.0847. The van der Waals surface area contributed by atoms with Crippen molar-refractivity contribution in [2.75, 3.05) is 10.2 Å². The number of nitrogens with zero attached hydrogens (tertiary/aromatic N) is 1. The van der Waals surface area contributed by atoms with Crippen molar-refractivity contribution in [1.82, 2.24) is 0 Å². The third kappa shape index (κ3) is 3.49. The summed E-state index contributed by atoms with van der Waals surface area (Å²) >= 11 is 0. The lowest BCUT2D eigenvalue weighted by Gasteiger charge is -2.22. The Bertz CT molecular complexity index is 543. The number of hydrogen-bond acceptors (Lipinski definition) is 2. The van der Waals surface area contributed by atoms with Crippen LogP contribution in [0.2, 0.25) is 0 Å². The van der Waals surface area contributed by atoms with Gasteiger partial charge in [0.15, 0.2) is 0 Å². The maximum atomic E-state index is 12.2. The van der Waals surface area contributed by atoms with E-state index in [4.69, 9.17) is 0 Å². The van der Waals surface area contributed by atoms with Gasteiger partial charge < -0.3 is 10.2 Å². The van der Waals surface area contributed by atoms with Crippen LogP contribution in [0.1, 0.15) is 51.9 Å². The van der Waals surface area contributed by atoms with Crippen LogP contribution in [0.25, 0.3) is 0 Å². The summed E-state index contributed by atoms with van der Waals surface area (Å²) in [6.07, 6.45) is 7.74. The predicted molar refractivity (Wildman–Crippen MR) is 87.8 cm³/mol. The Hall–Kier alpha value is -1.84. The number of nitrogens with one attached hydrogen (secondary N) is 1. The Morgan fingerprint density at radius 3 is 2.18 bits per heavy atom. The minimum atomic E-state index is 0.0847. The molecule has 118 valence electrons. The summed E-state index contributed by atoms with van der Waals surface area (Å²) in [4.78, 5) is 25.8. The molecular weight excluding hydrogens is 276 g/mol. The highest BCUT2D eigenvalue weighted by Gasteiger charge is 2.31. The van der Waals surface area contributed by atoms with Gasteiger partial charge >= 0.3 is 0 Å². The molecule has 1 aromatic rings. The first-order valence-corrected chi connectivity index (χ1v) is 8.36. The average molecular weight is 300 g/mol. The van der Waals surface area contributed by atoms with E-state index in [2.05, 4.69) is 5.32 Å². The highest BCUT2D eigenvalue weighted by Crippen LogP contribution is 2.32. The van der Waals surface area contributed by atoms with E-state index in [-0.39, 0.29) is 17.7 Å². The van der Waals surface area contributed by atoms with E-state index in [1.165, 1.54) is 6.42 Å². The molecular formula is C18H24N2O2. The first kappa shape index (κ1) is 15.1. The zero-order valence-corrected chi connectivity index (χ0v) is 13.2. The van der Waals surface area contributed by atoms with Crippen LogP contribution < -0.4 is 10.2 Å². The van der Waals surface area contributed by atoms with E-state index in [0.29, 0.717) is 6.04 Å². The first-order valence-electron chi connectivity index (χ1n) is 8.36. The quantitative estimate of drug-likeness (QED) is 0.921. The molecule has 2 aliphatic carbocycles. The molecule has 0 radical (unpaired) electrons. The Balaban J connectivity index is 1.63. The molecule has 0 unspecified atom stereocenters. The van der Waals surface area contributed by atoms with Gasteiger partial charge in [-0.1, -0.05) is 19.3 Å². The van der Waals surface area contributed by atoms with Gasteiger partial charge in [-0.25, -0.2) is 0 Å². The number of carbonyl (C=O) groups excluding carboxylic acids is 2. The maximum Gasteiger partial charge on any atom is 0.227 e. The summed E-state index contributed by atoms with van der Waals surface area (Å²) in [5, 5.41) is 3.01. The van der Waals surface area contributed by atoms with Crippen molar-refractivity contribution in [3.05, 3.63) is 24.3 Å². The maximum absolute atomic E-state index is 12.2. The standard InChI is InChI=1S/C18H24N2O2/c1-13(21)20(17-11-12-17)16-9-7-15(8-10-16)19-18(22)14-5-3-2-4-6-14/h7-10,14,17H,2-6,11-12H2,1H3,(H,19,22). The van der Waals surface area contributed by atoms with Crippen molar-refractivity contribution in [1.29, 1.82) is 0 Å². The van der Waals surface area contributed by atoms with Gasteiger partial charge in [-0.3, -0.25) is 9.59 Å². The fraction of sp³-hybridized carbons (Fsp3) is 0.556. The molecule has 0 saturated heterocycles. The van der Waals surface area contributed by atoms with E-state index in [1.54, 1.807) is 6.92 Å².